The summed E-state index contributed by atoms with van der Waals surface area (Å²) in [5.41, 5.74) is 1.76. The van der Waals surface area contributed by atoms with Crippen LogP contribution < -0.4 is 19.5 Å². The molecule has 2 aromatic carbocycles. The molecule has 1 aliphatic carbocycles. The Kier molecular flexibility index (Phi) is 5.99. The van der Waals surface area contributed by atoms with Crippen LogP contribution in [0.25, 0.3) is 0 Å². The summed E-state index contributed by atoms with van der Waals surface area (Å²) in [6, 6.07) is 14.3. The lowest BCUT2D eigenvalue weighted by Crippen LogP contribution is -2.52. The van der Waals surface area contributed by atoms with Gasteiger partial charge >= 0.3 is 6.03 Å². The second-order valence-electron chi connectivity index (χ2n) is 7.69. The second-order valence-corrected chi connectivity index (χ2v) is 7.69. The number of ether oxygens (including phenoxy) is 3. The number of hydrogen-bond donors (Lipinski definition) is 1. The predicted octanol–water partition coefficient (Wildman–Crippen LogP) is 3.77. The molecule has 4 rings (SSSR count). The summed E-state index contributed by atoms with van der Waals surface area (Å²) < 4.78 is 16.2. The van der Waals surface area contributed by atoms with Crippen molar-refractivity contribution in [2.24, 2.45) is 0 Å². The number of methoxy groups -OCH3 is 3. The molecule has 1 aliphatic heterocycles. The smallest absolute Gasteiger partial charge is 0.322 e. The van der Waals surface area contributed by atoms with Gasteiger partial charge in [0.05, 0.1) is 33.1 Å². The van der Waals surface area contributed by atoms with Crippen LogP contribution in [0.2, 0.25) is 0 Å². The Bertz CT molecular complexity index is 860. The van der Waals surface area contributed by atoms with E-state index in [0.717, 1.165) is 18.7 Å². The van der Waals surface area contributed by atoms with E-state index in [9.17, 15) is 4.79 Å². The van der Waals surface area contributed by atoms with Crippen molar-refractivity contribution in [2.75, 3.05) is 46.3 Å². The zero-order valence-corrected chi connectivity index (χ0v) is 17.8. The highest BCUT2D eigenvalue weighted by Crippen LogP contribution is 2.40. The SMILES string of the molecule is COc1cc(NC(=O)N2CCN(C3CC3)CC2c2ccccc2)cc(OC)c1OC. The molecular formula is C23H29N3O4. The van der Waals surface area contributed by atoms with Crippen LogP contribution >= 0.6 is 0 Å². The van der Waals surface area contributed by atoms with Crippen LogP contribution in [0.3, 0.4) is 0 Å². The Labute approximate surface area is 177 Å². The maximum Gasteiger partial charge on any atom is 0.322 e. The highest BCUT2D eigenvalue weighted by Gasteiger charge is 2.38. The lowest BCUT2D eigenvalue weighted by molar-refractivity contribution is 0.0954. The average Bonchev–Trinajstić information content (AvgIpc) is 3.64. The molecular weight excluding hydrogens is 382 g/mol. The lowest BCUT2D eigenvalue weighted by Gasteiger charge is -2.41. The summed E-state index contributed by atoms with van der Waals surface area (Å²) in [7, 11) is 4.68. The third kappa shape index (κ3) is 4.16. The molecule has 160 valence electrons. The van der Waals surface area contributed by atoms with Gasteiger partial charge < -0.3 is 24.4 Å². The number of carbonyl (C=O) groups is 1. The van der Waals surface area contributed by atoms with E-state index in [-0.39, 0.29) is 12.1 Å². The molecule has 0 spiro atoms. The minimum Gasteiger partial charge on any atom is -0.493 e. The van der Waals surface area contributed by atoms with Gasteiger partial charge in [-0.2, -0.15) is 0 Å². The van der Waals surface area contributed by atoms with Gasteiger partial charge in [0.15, 0.2) is 11.5 Å². The van der Waals surface area contributed by atoms with Crippen LogP contribution in [0.15, 0.2) is 42.5 Å². The van der Waals surface area contributed by atoms with Crippen molar-refractivity contribution in [2.45, 2.75) is 24.9 Å². The minimum atomic E-state index is -0.131. The highest BCUT2D eigenvalue weighted by molar-refractivity contribution is 5.90. The summed E-state index contributed by atoms with van der Waals surface area (Å²) in [5.74, 6) is 1.51. The minimum absolute atomic E-state index is 0.0163. The fourth-order valence-electron chi connectivity index (χ4n) is 4.13. The topological polar surface area (TPSA) is 63.3 Å². The molecule has 2 aromatic rings. The van der Waals surface area contributed by atoms with E-state index in [1.807, 2.05) is 23.1 Å². The summed E-state index contributed by atoms with van der Waals surface area (Å²) in [6.07, 6.45) is 2.53. The fraction of sp³-hybridized carbons (Fsp3) is 0.435. The van der Waals surface area contributed by atoms with Crippen molar-refractivity contribution in [3.8, 4) is 17.2 Å². The third-order valence-electron chi connectivity index (χ3n) is 5.84. The number of nitrogens with zero attached hydrogens (tertiary/aromatic N) is 2. The van der Waals surface area contributed by atoms with Gasteiger partial charge in [0.2, 0.25) is 5.75 Å². The normalized spacial score (nSPS) is 19.3. The number of nitrogens with one attached hydrogen (secondary N) is 1. The van der Waals surface area contributed by atoms with E-state index in [0.29, 0.717) is 35.5 Å². The Morgan fingerprint density at radius 2 is 1.63 bits per heavy atom. The molecule has 2 amide bonds. The fourth-order valence-corrected chi connectivity index (χ4v) is 4.13. The van der Waals surface area contributed by atoms with Gasteiger partial charge in [-0.05, 0) is 18.4 Å². The first-order valence-corrected chi connectivity index (χ1v) is 10.3. The van der Waals surface area contributed by atoms with E-state index in [2.05, 4.69) is 22.3 Å². The number of piperazine rings is 1. The second kappa shape index (κ2) is 8.83. The quantitative estimate of drug-likeness (QED) is 0.784. The van der Waals surface area contributed by atoms with Gasteiger partial charge in [0.25, 0.3) is 0 Å². The number of rotatable bonds is 6. The molecule has 1 heterocycles. The Hall–Kier alpha value is -2.93. The monoisotopic (exact) mass is 411 g/mol. The molecule has 1 N–H and O–H groups in total. The molecule has 0 bridgehead atoms. The largest absolute Gasteiger partial charge is 0.493 e. The van der Waals surface area contributed by atoms with E-state index in [4.69, 9.17) is 14.2 Å². The van der Waals surface area contributed by atoms with Gasteiger partial charge in [0.1, 0.15) is 0 Å². The van der Waals surface area contributed by atoms with Crippen LogP contribution in [0.1, 0.15) is 24.4 Å². The van der Waals surface area contributed by atoms with Crippen molar-refractivity contribution in [3.63, 3.8) is 0 Å². The summed E-state index contributed by atoms with van der Waals surface area (Å²) in [4.78, 5) is 17.7. The number of urea groups is 1. The molecule has 2 fully saturated rings. The molecule has 0 radical (unpaired) electrons. The summed E-state index contributed by atoms with van der Waals surface area (Å²) in [6.45, 7) is 2.44. The average molecular weight is 412 g/mol. The molecule has 0 aromatic heterocycles. The highest BCUT2D eigenvalue weighted by atomic mass is 16.5. The van der Waals surface area contributed by atoms with Crippen LogP contribution in [0, 0.1) is 0 Å². The van der Waals surface area contributed by atoms with Gasteiger partial charge in [-0.1, -0.05) is 30.3 Å². The third-order valence-corrected chi connectivity index (χ3v) is 5.84. The van der Waals surface area contributed by atoms with E-state index < -0.39 is 0 Å². The Morgan fingerprint density at radius 3 is 2.20 bits per heavy atom. The summed E-state index contributed by atoms with van der Waals surface area (Å²) in [5, 5.41) is 3.02. The molecule has 1 unspecified atom stereocenters. The first-order valence-electron chi connectivity index (χ1n) is 10.3. The van der Waals surface area contributed by atoms with Crippen LogP contribution in [-0.4, -0.2) is 62.8 Å². The van der Waals surface area contributed by atoms with Crippen molar-refractivity contribution in [3.05, 3.63) is 48.0 Å². The number of amides is 2. The molecule has 1 saturated heterocycles. The maximum atomic E-state index is 13.3. The van der Waals surface area contributed by atoms with E-state index in [1.54, 1.807) is 33.5 Å². The standard InChI is InChI=1S/C23H29N3O4/c1-28-20-13-17(14-21(29-2)22(20)30-3)24-23(27)26-12-11-25(18-9-10-18)15-19(26)16-7-5-4-6-8-16/h4-8,13-14,18-19H,9-12,15H2,1-3H3,(H,24,27). The van der Waals surface area contributed by atoms with Crippen LogP contribution in [-0.2, 0) is 0 Å². The van der Waals surface area contributed by atoms with Crippen molar-refractivity contribution in [1.29, 1.82) is 0 Å². The number of hydrogen-bond acceptors (Lipinski definition) is 5. The predicted molar refractivity (Wildman–Crippen MR) is 116 cm³/mol. The van der Waals surface area contributed by atoms with Gasteiger partial charge in [-0.25, -0.2) is 4.79 Å². The number of anilines is 1. The lowest BCUT2D eigenvalue weighted by atomic mass is 10.0. The maximum absolute atomic E-state index is 13.3. The molecule has 2 aliphatic rings. The Morgan fingerprint density at radius 1 is 0.967 bits per heavy atom. The first kappa shape index (κ1) is 20.3. The van der Waals surface area contributed by atoms with Gasteiger partial charge in [0, 0.05) is 37.8 Å². The molecule has 1 atom stereocenters. The molecule has 7 nitrogen and oxygen atoms in total. The van der Waals surface area contributed by atoms with E-state index >= 15 is 0 Å². The zero-order valence-electron chi connectivity index (χ0n) is 17.8. The summed E-state index contributed by atoms with van der Waals surface area (Å²) >= 11 is 0. The van der Waals surface area contributed by atoms with Crippen molar-refractivity contribution < 1.29 is 19.0 Å². The number of benzene rings is 2. The van der Waals surface area contributed by atoms with Crippen molar-refractivity contribution in [1.82, 2.24) is 9.80 Å². The van der Waals surface area contributed by atoms with E-state index in [1.165, 1.54) is 12.8 Å². The number of carbonyl (C=O) groups excluding carboxylic acids is 1. The van der Waals surface area contributed by atoms with Crippen LogP contribution in [0.5, 0.6) is 17.2 Å². The zero-order chi connectivity index (χ0) is 21.1. The van der Waals surface area contributed by atoms with Crippen LogP contribution in [0.4, 0.5) is 10.5 Å². The molecule has 30 heavy (non-hydrogen) atoms. The van der Waals surface area contributed by atoms with Gasteiger partial charge in [-0.15, -0.1) is 0 Å². The first-order chi connectivity index (χ1) is 14.6. The Balaban J connectivity index is 1.57. The van der Waals surface area contributed by atoms with Gasteiger partial charge in [-0.3, -0.25) is 4.90 Å². The molecule has 1 saturated carbocycles. The van der Waals surface area contributed by atoms with Crippen molar-refractivity contribution >= 4 is 11.7 Å². The molecule has 7 heteroatoms.